The second-order valence-electron chi connectivity index (χ2n) is 7.39. The molecule has 0 spiro atoms. The van der Waals surface area contributed by atoms with E-state index < -0.39 is 17.9 Å². The van der Waals surface area contributed by atoms with Gasteiger partial charge in [-0.3, -0.25) is 4.79 Å². The SMILES string of the molecule is Nc1nc(N)c2nc(CN3CCc4cc(C(=O)NC(CCS)C(=O)O)ccc43)cnc2n1. The van der Waals surface area contributed by atoms with Crippen molar-refractivity contribution in [1.29, 1.82) is 0 Å². The van der Waals surface area contributed by atoms with Crippen LogP contribution in [-0.4, -0.2) is 55.3 Å². The van der Waals surface area contributed by atoms with E-state index in [4.69, 9.17) is 11.5 Å². The number of amides is 1. The number of anilines is 3. The highest BCUT2D eigenvalue weighted by atomic mass is 32.1. The number of nitrogens with zero attached hydrogens (tertiary/aromatic N) is 5. The van der Waals surface area contributed by atoms with E-state index >= 15 is 0 Å². The number of thiol groups is 1. The lowest BCUT2D eigenvalue weighted by atomic mass is 10.1. The first kappa shape index (κ1) is 21.6. The Morgan fingerprint density at radius 3 is 2.81 bits per heavy atom. The minimum Gasteiger partial charge on any atom is -0.480 e. The Morgan fingerprint density at radius 2 is 2.06 bits per heavy atom. The smallest absolute Gasteiger partial charge is 0.326 e. The number of aromatic nitrogens is 4. The second kappa shape index (κ2) is 8.83. The zero-order valence-corrected chi connectivity index (χ0v) is 17.9. The maximum Gasteiger partial charge on any atom is 0.326 e. The van der Waals surface area contributed by atoms with Gasteiger partial charge < -0.3 is 26.8 Å². The van der Waals surface area contributed by atoms with Crippen LogP contribution in [0.3, 0.4) is 0 Å². The molecule has 1 amide bonds. The summed E-state index contributed by atoms with van der Waals surface area (Å²) in [5, 5.41) is 11.8. The maximum absolute atomic E-state index is 12.5. The van der Waals surface area contributed by atoms with Crippen LogP contribution in [0.25, 0.3) is 11.2 Å². The molecule has 4 rings (SSSR count). The molecule has 166 valence electrons. The van der Waals surface area contributed by atoms with Gasteiger partial charge in [-0.15, -0.1) is 0 Å². The number of hydrogen-bond donors (Lipinski definition) is 5. The van der Waals surface area contributed by atoms with Crippen LogP contribution in [0.2, 0.25) is 0 Å². The molecule has 1 unspecified atom stereocenters. The highest BCUT2D eigenvalue weighted by Crippen LogP contribution is 2.30. The van der Waals surface area contributed by atoms with Crippen molar-refractivity contribution < 1.29 is 14.7 Å². The summed E-state index contributed by atoms with van der Waals surface area (Å²) in [7, 11) is 0. The van der Waals surface area contributed by atoms with E-state index in [9.17, 15) is 14.7 Å². The Morgan fingerprint density at radius 1 is 1.25 bits per heavy atom. The number of nitrogens with two attached hydrogens (primary N) is 2. The second-order valence-corrected chi connectivity index (χ2v) is 7.84. The van der Waals surface area contributed by atoms with Crippen LogP contribution in [-0.2, 0) is 17.8 Å². The molecule has 0 fully saturated rings. The van der Waals surface area contributed by atoms with Gasteiger partial charge in [0.2, 0.25) is 5.95 Å². The standard InChI is InChI=1S/C20H22N8O3S/c21-16-15-17(27-20(22)26-16)23-8-12(24-15)9-28-5-3-10-7-11(1-2-14(10)28)18(29)25-13(4-6-32)19(30)31/h1-2,7-8,13,32H,3-6,9H2,(H,25,29)(H,30,31)(H4,21,22,23,26,27). The third-order valence-electron chi connectivity index (χ3n) is 5.21. The fraction of sp³-hybridized carbons (Fsp3) is 0.300. The number of benzene rings is 1. The van der Waals surface area contributed by atoms with E-state index in [2.05, 4.69) is 42.8 Å². The van der Waals surface area contributed by atoms with Crippen LogP contribution >= 0.6 is 12.6 Å². The number of carbonyl (C=O) groups is 2. The fourth-order valence-electron chi connectivity index (χ4n) is 3.66. The molecule has 0 saturated heterocycles. The average Bonchev–Trinajstić information content (AvgIpc) is 3.15. The van der Waals surface area contributed by atoms with Gasteiger partial charge in [-0.2, -0.15) is 22.6 Å². The van der Waals surface area contributed by atoms with Gasteiger partial charge in [0.25, 0.3) is 5.91 Å². The highest BCUT2D eigenvalue weighted by Gasteiger charge is 2.24. The van der Waals surface area contributed by atoms with E-state index in [1.54, 1.807) is 18.3 Å². The van der Waals surface area contributed by atoms with E-state index in [0.29, 0.717) is 34.7 Å². The van der Waals surface area contributed by atoms with Crippen molar-refractivity contribution in [2.45, 2.75) is 25.4 Å². The quantitative estimate of drug-likeness (QED) is 0.319. The van der Waals surface area contributed by atoms with Crippen LogP contribution in [0.4, 0.5) is 17.5 Å². The van der Waals surface area contributed by atoms with Crippen LogP contribution in [0, 0.1) is 0 Å². The van der Waals surface area contributed by atoms with Gasteiger partial charge in [0.1, 0.15) is 6.04 Å². The summed E-state index contributed by atoms with van der Waals surface area (Å²) in [5.74, 6) is -0.915. The summed E-state index contributed by atoms with van der Waals surface area (Å²) in [5.41, 5.74) is 15.3. The van der Waals surface area contributed by atoms with E-state index in [1.807, 2.05) is 6.07 Å². The third kappa shape index (κ3) is 4.35. The topological polar surface area (TPSA) is 173 Å². The molecule has 1 aliphatic rings. The number of fused-ring (bicyclic) bond motifs is 2. The lowest BCUT2D eigenvalue weighted by Crippen LogP contribution is -2.41. The molecule has 0 bridgehead atoms. The van der Waals surface area contributed by atoms with Crippen molar-refractivity contribution >= 4 is 53.1 Å². The first-order valence-corrected chi connectivity index (χ1v) is 10.6. The number of carbonyl (C=O) groups excluding carboxylic acids is 1. The number of nitrogens with one attached hydrogen (secondary N) is 1. The number of hydrogen-bond acceptors (Lipinski definition) is 10. The zero-order valence-electron chi connectivity index (χ0n) is 17.0. The van der Waals surface area contributed by atoms with Crippen LogP contribution in [0.1, 0.15) is 28.0 Å². The van der Waals surface area contributed by atoms with Gasteiger partial charge in [-0.05, 0) is 42.4 Å². The van der Waals surface area contributed by atoms with Crippen molar-refractivity contribution in [2.24, 2.45) is 0 Å². The molecule has 6 N–H and O–H groups in total. The summed E-state index contributed by atoms with van der Waals surface area (Å²) in [6.07, 6.45) is 2.62. The van der Waals surface area contributed by atoms with Crippen molar-refractivity contribution in [3.63, 3.8) is 0 Å². The average molecular weight is 455 g/mol. The van der Waals surface area contributed by atoms with Gasteiger partial charge in [-0.25, -0.2) is 14.8 Å². The molecule has 0 saturated carbocycles. The predicted molar refractivity (Wildman–Crippen MR) is 123 cm³/mol. The normalized spacial score (nSPS) is 13.7. The summed E-state index contributed by atoms with van der Waals surface area (Å²) in [6, 6.07) is 4.37. The molecule has 2 aromatic heterocycles. The van der Waals surface area contributed by atoms with Gasteiger partial charge in [0.15, 0.2) is 17.0 Å². The van der Waals surface area contributed by atoms with Gasteiger partial charge in [0.05, 0.1) is 18.4 Å². The predicted octanol–water partition coefficient (Wildman–Crippen LogP) is 0.650. The monoisotopic (exact) mass is 454 g/mol. The molecule has 1 aromatic carbocycles. The first-order chi connectivity index (χ1) is 15.4. The van der Waals surface area contributed by atoms with Crippen LogP contribution in [0.15, 0.2) is 24.4 Å². The minimum absolute atomic E-state index is 0.0469. The Bertz CT molecular complexity index is 1200. The van der Waals surface area contributed by atoms with Crippen molar-refractivity contribution in [3.05, 3.63) is 41.2 Å². The first-order valence-electron chi connectivity index (χ1n) is 9.92. The van der Waals surface area contributed by atoms with Crippen LogP contribution in [0.5, 0.6) is 0 Å². The molecule has 0 aliphatic carbocycles. The van der Waals surface area contributed by atoms with E-state index in [0.717, 1.165) is 24.2 Å². The fourth-order valence-corrected chi connectivity index (χ4v) is 3.92. The van der Waals surface area contributed by atoms with Crippen molar-refractivity contribution in [1.82, 2.24) is 25.3 Å². The number of aliphatic carboxylic acids is 1. The molecular weight excluding hydrogens is 432 g/mol. The Balaban J connectivity index is 1.51. The summed E-state index contributed by atoms with van der Waals surface area (Å²) < 4.78 is 0. The molecule has 32 heavy (non-hydrogen) atoms. The molecule has 0 radical (unpaired) electrons. The lowest BCUT2D eigenvalue weighted by molar-refractivity contribution is -0.139. The molecular formula is C20H22N8O3S. The Kier molecular flexibility index (Phi) is 5.95. The number of nitrogen functional groups attached to an aromatic ring is 2. The Hall–Kier alpha value is -3.67. The van der Waals surface area contributed by atoms with Crippen LogP contribution < -0.4 is 21.7 Å². The zero-order chi connectivity index (χ0) is 22.8. The van der Waals surface area contributed by atoms with E-state index in [1.165, 1.54) is 0 Å². The van der Waals surface area contributed by atoms with Gasteiger partial charge in [-0.1, -0.05) is 0 Å². The van der Waals surface area contributed by atoms with E-state index in [-0.39, 0.29) is 18.2 Å². The van der Waals surface area contributed by atoms with Gasteiger partial charge in [0, 0.05) is 17.8 Å². The largest absolute Gasteiger partial charge is 0.480 e. The highest BCUT2D eigenvalue weighted by molar-refractivity contribution is 7.80. The number of carboxylic acid groups (broad SMARTS) is 1. The molecule has 3 heterocycles. The summed E-state index contributed by atoms with van der Waals surface area (Å²) >= 11 is 4.05. The third-order valence-corrected chi connectivity index (χ3v) is 5.47. The lowest BCUT2D eigenvalue weighted by Gasteiger charge is -2.19. The number of carboxylic acids is 1. The molecule has 11 nitrogen and oxygen atoms in total. The molecule has 1 aliphatic heterocycles. The molecule has 3 aromatic rings. The molecule has 1 atom stereocenters. The van der Waals surface area contributed by atoms with Crippen molar-refractivity contribution in [3.8, 4) is 0 Å². The van der Waals surface area contributed by atoms with Crippen molar-refractivity contribution in [2.75, 3.05) is 28.7 Å². The number of rotatable bonds is 7. The summed E-state index contributed by atoms with van der Waals surface area (Å²) in [4.78, 5) is 42.7. The molecule has 12 heteroatoms. The summed E-state index contributed by atoms with van der Waals surface area (Å²) in [6.45, 7) is 1.24. The van der Waals surface area contributed by atoms with Gasteiger partial charge >= 0.3 is 5.97 Å². The minimum atomic E-state index is -1.08. The maximum atomic E-state index is 12.5. The Labute approximate surface area is 188 Å².